The molecule has 1 atom stereocenters. The number of hydrogen-bond donors (Lipinski definition) is 2. The minimum absolute atomic E-state index is 0.0158. The lowest BCUT2D eigenvalue weighted by molar-refractivity contribution is -0.116. The number of fused-ring (bicyclic) bond motifs is 1. The maximum Gasteiger partial charge on any atom is 0.238 e. The number of nitrogens with zero attached hydrogens (tertiary/aromatic N) is 3. The second kappa shape index (κ2) is 7.96. The minimum Gasteiger partial charge on any atom is -0.369 e. The van der Waals surface area contributed by atoms with Crippen LogP contribution < -0.4 is 15.4 Å². The number of amides is 1. The van der Waals surface area contributed by atoms with E-state index in [1.54, 1.807) is 18.5 Å². The van der Waals surface area contributed by atoms with Crippen LogP contribution in [0, 0.1) is 24.2 Å². The van der Waals surface area contributed by atoms with Gasteiger partial charge in [0.1, 0.15) is 0 Å². The lowest BCUT2D eigenvalue weighted by atomic mass is 9.93. The molecule has 3 N–H and O–H groups in total. The van der Waals surface area contributed by atoms with E-state index in [0.29, 0.717) is 30.9 Å². The van der Waals surface area contributed by atoms with Crippen molar-refractivity contribution in [3.05, 3.63) is 47.8 Å². The van der Waals surface area contributed by atoms with E-state index in [9.17, 15) is 18.5 Å². The van der Waals surface area contributed by atoms with Crippen molar-refractivity contribution in [2.24, 2.45) is 11.1 Å². The zero-order valence-electron chi connectivity index (χ0n) is 15.4. The van der Waals surface area contributed by atoms with Crippen LogP contribution >= 0.6 is 0 Å². The number of carbonyl (C=O) groups excluding carboxylic acids is 1. The second-order valence-corrected chi connectivity index (χ2v) is 8.36. The predicted molar refractivity (Wildman–Crippen MR) is 105 cm³/mol. The van der Waals surface area contributed by atoms with E-state index in [4.69, 9.17) is 5.14 Å². The Hall–Kier alpha value is -2.96. The highest BCUT2D eigenvalue weighted by Gasteiger charge is 2.26. The van der Waals surface area contributed by atoms with E-state index in [1.165, 1.54) is 12.1 Å². The molecule has 0 bridgehead atoms. The summed E-state index contributed by atoms with van der Waals surface area (Å²) in [5, 5.41) is 17.4. The first kappa shape index (κ1) is 19.8. The lowest BCUT2D eigenvalue weighted by Crippen LogP contribution is -2.37. The zero-order chi connectivity index (χ0) is 20.3. The van der Waals surface area contributed by atoms with Crippen LogP contribution in [-0.2, 0) is 21.2 Å². The number of primary sulfonamides is 1. The van der Waals surface area contributed by atoms with Gasteiger partial charge in [0.2, 0.25) is 15.9 Å². The molecule has 0 spiro atoms. The quantitative estimate of drug-likeness (QED) is 0.785. The molecule has 0 aliphatic carbocycles. The van der Waals surface area contributed by atoms with E-state index in [-0.39, 0.29) is 23.1 Å². The fourth-order valence-corrected chi connectivity index (χ4v) is 3.76. The van der Waals surface area contributed by atoms with Crippen LogP contribution in [0.5, 0.6) is 0 Å². The summed E-state index contributed by atoms with van der Waals surface area (Å²) in [4.78, 5) is 18.2. The maximum atomic E-state index is 12.4. The van der Waals surface area contributed by atoms with Gasteiger partial charge >= 0.3 is 0 Å². The Morgan fingerprint density at radius 3 is 2.89 bits per heavy atom. The summed E-state index contributed by atoms with van der Waals surface area (Å²) in [6.07, 6.45) is 3.97. The number of aromatic nitrogens is 1. The van der Waals surface area contributed by atoms with Gasteiger partial charge in [0, 0.05) is 31.4 Å². The van der Waals surface area contributed by atoms with E-state index in [2.05, 4.69) is 16.4 Å². The molecular formula is C19H21N5O3S. The van der Waals surface area contributed by atoms with Gasteiger partial charge in [-0.25, -0.2) is 13.6 Å². The third kappa shape index (κ3) is 4.47. The zero-order valence-corrected chi connectivity index (χ0v) is 16.2. The number of nitrogens with two attached hydrogens (primary N) is 1. The Labute approximate surface area is 164 Å². The molecule has 0 saturated carbocycles. The normalized spacial score (nSPS) is 16.2. The van der Waals surface area contributed by atoms with Crippen molar-refractivity contribution in [2.45, 2.75) is 24.7 Å². The van der Waals surface area contributed by atoms with Crippen LogP contribution in [0.2, 0.25) is 0 Å². The van der Waals surface area contributed by atoms with Gasteiger partial charge in [-0.3, -0.25) is 9.78 Å². The standard InChI is InChI=1S/C19H21N5O3S/c1-13-4-6-22-11-17(13)23-19(25)5-7-24-12-14(10-20)8-15-2-3-16(9-18(15)24)28(21,26)27/h2-4,6,9,11,14H,5,7-8,12H2,1H3,(H,23,25)(H2,21,26,27). The summed E-state index contributed by atoms with van der Waals surface area (Å²) < 4.78 is 23.4. The first-order chi connectivity index (χ1) is 13.3. The Morgan fingerprint density at radius 2 is 2.21 bits per heavy atom. The topological polar surface area (TPSA) is 129 Å². The van der Waals surface area contributed by atoms with Gasteiger partial charge in [0.15, 0.2) is 0 Å². The van der Waals surface area contributed by atoms with E-state index in [0.717, 1.165) is 11.1 Å². The van der Waals surface area contributed by atoms with Gasteiger partial charge in [-0.15, -0.1) is 0 Å². The van der Waals surface area contributed by atoms with Crippen molar-refractivity contribution >= 4 is 27.3 Å². The van der Waals surface area contributed by atoms with Gasteiger partial charge in [0.05, 0.1) is 28.8 Å². The van der Waals surface area contributed by atoms with Crippen LogP contribution in [-0.4, -0.2) is 32.4 Å². The summed E-state index contributed by atoms with van der Waals surface area (Å²) in [7, 11) is -3.83. The number of carbonyl (C=O) groups is 1. The molecule has 9 heteroatoms. The molecular weight excluding hydrogens is 378 g/mol. The van der Waals surface area contributed by atoms with Crippen molar-refractivity contribution in [1.29, 1.82) is 5.26 Å². The lowest BCUT2D eigenvalue weighted by Gasteiger charge is -2.34. The molecule has 0 fully saturated rings. The maximum absolute atomic E-state index is 12.4. The summed E-state index contributed by atoms with van der Waals surface area (Å²) in [5.41, 5.74) is 3.13. The average Bonchev–Trinajstić information content (AvgIpc) is 2.66. The monoisotopic (exact) mass is 399 g/mol. The van der Waals surface area contributed by atoms with E-state index < -0.39 is 10.0 Å². The number of pyridine rings is 1. The van der Waals surface area contributed by atoms with Crippen molar-refractivity contribution in [1.82, 2.24) is 4.98 Å². The Kier molecular flexibility index (Phi) is 5.63. The smallest absolute Gasteiger partial charge is 0.238 e. The molecule has 0 radical (unpaired) electrons. The molecule has 2 heterocycles. The van der Waals surface area contributed by atoms with Crippen molar-refractivity contribution in [3.63, 3.8) is 0 Å². The van der Waals surface area contributed by atoms with Gasteiger partial charge in [-0.1, -0.05) is 6.07 Å². The molecule has 146 valence electrons. The van der Waals surface area contributed by atoms with Crippen molar-refractivity contribution < 1.29 is 13.2 Å². The van der Waals surface area contributed by atoms with Gasteiger partial charge < -0.3 is 10.2 Å². The summed E-state index contributed by atoms with van der Waals surface area (Å²) in [5.74, 6) is -0.407. The molecule has 1 aromatic heterocycles. The molecule has 3 rings (SSSR count). The number of sulfonamides is 1. The van der Waals surface area contributed by atoms with Crippen molar-refractivity contribution in [2.75, 3.05) is 23.3 Å². The first-order valence-corrected chi connectivity index (χ1v) is 10.3. The molecule has 1 aliphatic heterocycles. The molecule has 0 saturated heterocycles. The van der Waals surface area contributed by atoms with E-state index >= 15 is 0 Å². The highest BCUT2D eigenvalue weighted by molar-refractivity contribution is 7.89. The number of nitrogens with one attached hydrogen (secondary N) is 1. The molecule has 1 aromatic carbocycles. The summed E-state index contributed by atoms with van der Waals surface area (Å²) >= 11 is 0. The van der Waals surface area contributed by atoms with E-state index in [1.807, 2.05) is 17.9 Å². The van der Waals surface area contributed by atoms with Crippen LogP contribution in [0.4, 0.5) is 11.4 Å². The second-order valence-electron chi connectivity index (χ2n) is 6.80. The molecule has 28 heavy (non-hydrogen) atoms. The van der Waals surface area contributed by atoms with Crippen molar-refractivity contribution in [3.8, 4) is 6.07 Å². The van der Waals surface area contributed by atoms with Crippen LogP contribution in [0.15, 0.2) is 41.6 Å². The largest absolute Gasteiger partial charge is 0.369 e. The molecule has 1 amide bonds. The minimum atomic E-state index is -3.83. The van der Waals surface area contributed by atoms with Crippen LogP contribution in [0.25, 0.3) is 0 Å². The van der Waals surface area contributed by atoms with Gasteiger partial charge in [-0.05, 0) is 42.7 Å². The number of aryl methyl sites for hydroxylation is 1. The van der Waals surface area contributed by atoms with Crippen LogP contribution in [0.1, 0.15) is 17.5 Å². The summed E-state index contributed by atoms with van der Waals surface area (Å²) in [6, 6.07) is 8.72. The SMILES string of the molecule is Cc1ccncc1NC(=O)CCN1CC(C#N)Cc2ccc(S(N)(=O)=O)cc21. The van der Waals surface area contributed by atoms with Crippen LogP contribution in [0.3, 0.4) is 0 Å². The third-order valence-corrected chi connectivity index (χ3v) is 5.65. The highest BCUT2D eigenvalue weighted by atomic mass is 32.2. The predicted octanol–water partition coefficient (Wildman–Crippen LogP) is 1.57. The average molecular weight is 399 g/mol. The Bertz CT molecular complexity index is 1050. The number of anilines is 2. The number of hydrogen-bond acceptors (Lipinski definition) is 6. The summed E-state index contributed by atoms with van der Waals surface area (Å²) in [6.45, 7) is 2.66. The van der Waals surface area contributed by atoms with Gasteiger partial charge in [0.25, 0.3) is 0 Å². The first-order valence-electron chi connectivity index (χ1n) is 8.78. The molecule has 1 unspecified atom stereocenters. The number of nitriles is 1. The molecule has 1 aliphatic rings. The molecule has 8 nitrogen and oxygen atoms in total. The number of rotatable bonds is 5. The Morgan fingerprint density at radius 1 is 1.43 bits per heavy atom. The Balaban J connectivity index is 1.77. The third-order valence-electron chi connectivity index (χ3n) is 4.74. The highest BCUT2D eigenvalue weighted by Crippen LogP contribution is 2.31. The fourth-order valence-electron chi connectivity index (χ4n) is 3.22. The fraction of sp³-hybridized carbons (Fsp3) is 0.316. The molecule has 2 aromatic rings. The van der Waals surface area contributed by atoms with Gasteiger partial charge in [-0.2, -0.15) is 5.26 Å². The number of benzene rings is 1.